The molecule has 0 heterocycles. The third-order valence-corrected chi connectivity index (χ3v) is 3.34. The Balaban J connectivity index is 4.16. The molecule has 0 fully saturated rings. The van der Waals surface area contributed by atoms with Crippen molar-refractivity contribution in [3.63, 3.8) is 0 Å². The first-order chi connectivity index (χ1) is 6.14. The lowest BCUT2D eigenvalue weighted by atomic mass is 9.78. The van der Waals surface area contributed by atoms with Crippen molar-refractivity contribution in [2.45, 2.75) is 71.8 Å². The molecule has 79 valence electrons. The van der Waals surface area contributed by atoms with Crippen LogP contribution in [0.15, 0.2) is 0 Å². The van der Waals surface area contributed by atoms with Crippen molar-refractivity contribution in [3.05, 3.63) is 0 Å². The monoisotopic (exact) mass is 185 g/mol. The zero-order valence-electron chi connectivity index (χ0n) is 9.73. The maximum absolute atomic E-state index is 12.3. The number of unbranched alkanes of at least 4 members (excludes halogenated alkanes) is 1. The van der Waals surface area contributed by atoms with Gasteiger partial charge in [-0.3, -0.25) is 0 Å². The normalized spacial score (nSPS) is 14.5. The molecule has 1 heteroatoms. The highest BCUT2D eigenvalue weighted by Gasteiger charge is 2.33. The second-order valence-corrected chi connectivity index (χ2v) is 4.02. The van der Waals surface area contributed by atoms with E-state index in [1.807, 2.05) is 13.8 Å². The lowest BCUT2D eigenvalue weighted by molar-refractivity contribution is -0.0883. The van der Waals surface area contributed by atoms with Gasteiger partial charge in [-0.25, -0.2) is 5.11 Å². The number of hydrogen-bond donors (Lipinski definition) is 0. The Labute approximate surface area is 83.5 Å². The molecule has 1 atom stereocenters. The van der Waals surface area contributed by atoms with E-state index in [2.05, 4.69) is 13.8 Å². The van der Waals surface area contributed by atoms with E-state index in [4.69, 9.17) is 0 Å². The Morgan fingerprint density at radius 1 is 1.08 bits per heavy atom. The molecule has 0 N–H and O–H groups in total. The van der Waals surface area contributed by atoms with Gasteiger partial charge in [0.15, 0.2) is 0 Å². The Hall–Kier alpha value is -0.0400. The fourth-order valence-electron chi connectivity index (χ4n) is 2.12. The molecule has 1 unspecified atom stereocenters. The molecule has 0 bridgehead atoms. The first-order valence-corrected chi connectivity index (χ1v) is 5.84. The summed E-state index contributed by atoms with van der Waals surface area (Å²) >= 11 is 0. The first kappa shape index (κ1) is 13.0. The lowest BCUT2D eigenvalue weighted by Crippen LogP contribution is -2.34. The van der Waals surface area contributed by atoms with E-state index in [0.29, 0.717) is 5.92 Å². The SMILES string of the molecule is CCCCC(CC)C([O])(CC)CC. The van der Waals surface area contributed by atoms with Crippen LogP contribution >= 0.6 is 0 Å². The van der Waals surface area contributed by atoms with Crippen LogP contribution < -0.4 is 0 Å². The van der Waals surface area contributed by atoms with Gasteiger partial charge in [-0.2, -0.15) is 0 Å². The topological polar surface area (TPSA) is 19.9 Å². The molecule has 1 radical (unpaired) electrons. The van der Waals surface area contributed by atoms with E-state index in [9.17, 15) is 5.11 Å². The minimum atomic E-state index is -0.649. The van der Waals surface area contributed by atoms with Crippen molar-refractivity contribution < 1.29 is 5.11 Å². The average molecular weight is 185 g/mol. The Morgan fingerprint density at radius 2 is 1.62 bits per heavy atom. The number of rotatable bonds is 7. The van der Waals surface area contributed by atoms with E-state index >= 15 is 0 Å². The molecule has 0 aromatic carbocycles. The van der Waals surface area contributed by atoms with Crippen LogP contribution in [0, 0.1) is 5.92 Å². The van der Waals surface area contributed by atoms with Crippen LogP contribution in [0.2, 0.25) is 0 Å². The second-order valence-electron chi connectivity index (χ2n) is 4.02. The molecule has 0 spiro atoms. The van der Waals surface area contributed by atoms with Crippen LogP contribution in [0.1, 0.15) is 66.2 Å². The first-order valence-electron chi connectivity index (χ1n) is 5.84. The van der Waals surface area contributed by atoms with Crippen molar-refractivity contribution in [2.24, 2.45) is 5.92 Å². The van der Waals surface area contributed by atoms with E-state index < -0.39 is 5.60 Å². The van der Waals surface area contributed by atoms with Crippen molar-refractivity contribution in [1.82, 2.24) is 0 Å². The summed E-state index contributed by atoms with van der Waals surface area (Å²) in [7, 11) is 0. The van der Waals surface area contributed by atoms with Crippen molar-refractivity contribution in [2.75, 3.05) is 0 Å². The largest absolute Gasteiger partial charge is 0.229 e. The maximum Gasteiger partial charge on any atom is 0.106 e. The van der Waals surface area contributed by atoms with Crippen LogP contribution in [0.5, 0.6) is 0 Å². The molecule has 0 aromatic heterocycles. The molecular formula is C12H25O. The standard InChI is InChI=1S/C12H25O/c1-5-9-10-11(6-2)12(13,7-3)8-4/h11H,5-10H2,1-4H3. The summed E-state index contributed by atoms with van der Waals surface area (Å²) in [4.78, 5) is 0. The molecule has 0 rings (SSSR count). The minimum absolute atomic E-state index is 0.391. The predicted molar refractivity (Wildman–Crippen MR) is 57.3 cm³/mol. The summed E-state index contributed by atoms with van der Waals surface area (Å²) < 4.78 is 0. The summed E-state index contributed by atoms with van der Waals surface area (Å²) in [6.07, 6.45) is 6.16. The van der Waals surface area contributed by atoms with Gasteiger partial charge in [-0.1, -0.05) is 47.0 Å². The molecule has 0 amide bonds. The van der Waals surface area contributed by atoms with Gasteiger partial charge < -0.3 is 0 Å². The fraction of sp³-hybridized carbons (Fsp3) is 1.00. The Morgan fingerprint density at radius 3 is 1.92 bits per heavy atom. The third kappa shape index (κ3) is 3.68. The molecule has 0 aromatic rings. The smallest absolute Gasteiger partial charge is 0.106 e. The highest BCUT2D eigenvalue weighted by molar-refractivity contribution is 4.82. The van der Waals surface area contributed by atoms with Gasteiger partial charge in [-0.15, -0.1) is 0 Å². The third-order valence-electron chi connectivity index (χ3n) is 3.34. The zero-order valence-corrected chi connectivity index (χ0v) is 9.73. The molecular weight excluding hydrogens is 160 g/mol. The molecule has 0 aliphatic rings. The van der Waals surface area contributed by atoms with Crippen molar-refractivity contribution in [1.29, 1.82) is 0 Å². The zero-order chi connectivity index (χ0) is 10.3. The highest BCUT2D eigenvalue weighted by Crippen LogP contribution is 2.32. The van der Waals surface area contributed by atoms with Crippen molar-refractivity contribution in [3.8, 4) is 0 Å². The van der Waals surface area contributed by atoms with Crippen LogP contribution in [-0.4, -0.2) is 5.60 Å². The summed E-state index contributed by atoms with van der Waals surface area (Å²) in [6.45, 7) is 8.41. The van der Waals surface area contributed by atoms with Crippen molar-refractivity contribution >= 4 is 0 Å². The van der Waals surface area contributed by atoms with Gasteiger partial charge in [-0.05, 0) is 25.2 Å². The maximum atomic E-state index is 12.3. The second kappa shape index (κ2) is 6.42. The predicted octanol–water partition coefficient (Wildman–Crippen LogP) is 4.19. The Bertz CT molecular complexity index is 116. The highest BCUT2D eigenvalue weighted by atomic mass is 16.3. The molecule has 0 saturated heterocycles. The van der Waals surface area contributed by atoms with Gasteiger partial charge >= 0.3 is 0 Å². The summed E-state index contributed by atoms with van der Waals surface area (Å²) in [5.74, 6) is 0.391. The average Bonchev–Trinajstić information content (AvgIpc) is 2.18. The number of hydrogen-bond acceptors (Lipinski definition) is 0. The summed E-state index contributed by atoms with van der Waals surface area (Å²) in [5.41, 5.74) is -0.649. The quantitative estimate of drug-likeness (QED) is 0.566. The van der Waals surface area contributed by atoms with Crippen LogP contribution in [0.4, 0.5) is 0 Å². The molecule has 0 aliphatic heterocycles. The van der Waals surface area contributed by atoms with E-state index in [0.717, 1.165) is 25.7 Å². The Kier molecular flexibility index (Phi) is 6.40. The minimum Gasteiger partial charge on any atom is -0.229 e. The molecule has 0 aliphatic carbocycles. The van der Waals surface area contributed by atoms with Gasteiger partial charge in [0.2, 0.25) is 0 Å². The van der Waals surface area contributed by atoms with Gasteiger partial charge in [0.1, 0.15) is 5.60 Å². The van der Waals surface area contributed by atoms with Gasteiger partial charge in [0, 0.05) is 0 Å². The van der Waals surface area contributed by atoms with E-state index in [1.54, 1.807) is 0 Å². The van der Waals surface area contributed by atoms with Gasteiger partial charge in [0.05, 0.1) is 0 Å². The fourth-order valence-corrected chi connectivity index (χ4v) is 2.12. The molecule has 13 heavy (non-hydrogen) atoms. The van der Waals surface area contributed by atoms with Gasteiger partial charge in [0.25, 0.3) is 0 Å². The molecule has 1 nitrogen and oxygen atoms in total. The lowest BCUT2D eigenvalue weighted by Gasteiger charge is -2.31. The molecule has 0 saturated carbocycles. The van der Waals surface area contributed by atoms with Crippen LogP contribution in [0.25, 0.3) is 0 Å². The van der Waals surface area contributed by atoms with E-state index in [-0.39, 0.29) is 0 Å². The van der Waals surface area contributed by atoms with Crippen LogP contribution in [-0.2, 0) is 5.11 Å². The van der Waals surface area contributed by atoms with Crippen LogP contribution in [0.3, 0.4) is 0 Å². The van der Waals surface area contributed by atoms with E-state index in [1.165, 1.54) is 12.8 Å². The summed E-state index contributed by atoms with van der Waals surface area (Å²) in [6, 6.07) is 0. The summed E-state index contributed by atoms with van der Waals surface area (Å²) in [5, 5.41) is 12.3.